The molecule has 0 bridgehead atoms. The Balaban J connectivity index is 2.00. The van der Waals surface area contributed by atoms with Gasteiger partial charge in [0.1, 0.15) is 17.6 Å². The smallest absolute Gasteiger partial charge is 0.306 e. The third-order valence-electron chi connectivity index (χ3n) is 6.03. The Bertz CT molecular complexity index is 936. The van der Waals surface area contributed by atoms with Gasteiger partial charge in [-0.2, -0.15) is 0 Å². The molecule has 0 heterocycles. The van der Waals surface area contributed by atoms with Crippen LogP contribution in [0.2, 0.25) is 0 Å². The molecule has 1 aromatic carbocycles. The molecule has 34 heavy (non-hydrogen) atoms. The molecule has 1 aromatic rings. The Morgan fingerprint density at radius 1 is 0.912 bits per heavy atom. The maximum absolute atomic E-state index is 13.1. The maximum atomic E-state index is 13.1. The number of benzene rings is 1. The molecule has 1 atom stereocenters. The van der Waals surface area contributed by atoms with Crippen LogP contribution in [-0.4, -0.2) is 33.9 Å². The lowest BCUT2D eigenvalue weighted by molar-refractivity contribution is -0.147. The van der Waals surface area contributed by atoms with E-state index in [1.807, 2.05) is 19.9 Å². The molecular formula is C28H38O6. The number of phenolic OH excluding ortho intramolecular Hbond substituents is 2. The minimum atomic E-state index is -0.938. The van der Waals surface area contributed by atoms with Gasteiger partial charge < -0.3 is 14.9 Å². The zero-order chi connectivity index (χ0) is 25.1. The number of hydrogen-bond donors (Lipinski definition) is 2. The van der Waals surface area contributed by atoms with Crippen LogP contribution in [0.1, 0.15) is 112 Å². The average molecular weight is 471 g/mol. The SMILES string of the molecule is CCCCCCCCCCCC(=O)OC(CC=C(C)C)C1=CC(=O)c2c(O)ccc(O)c2C1=O. The second-order valence-electron chi connectivity index (χ2n) is 9.22. The first-order chi connectivity index (χ1) is 16.3. The van der Waals surface area contributed by atoms with Crippen molar-refractivity contribution in [1.82, 2.24) is 0 Å². The number of Topliss-reactive ketones (excluding diaryl/α,β-unsaturated/α-hetero) is 1. The standard InChI is InChI=1S/C28H38O6/c1-4-5-6-7-8-9-10-11-12-13-25(32)34-24(17-14-19(2)3)20-18-23(31)26-21(29)15-16-22(30)27(26)28(20)33/h14-16,18,24,29-30H,4-13,17H2,1-3H3. The molecule has 0 spiro atoms. The number of phenols is 2. The van der Waals surface area contributed by atoms with E-state index in [1.165, 1.54) is 50.7 Å². The molecule has 6 nitrogen and oxygen atoms in total. The molecule has 1 unspecified atom stereocenters. The number of esters is 1. The number of aromatic hydroxyl groups is 2. The van der Waals surface area contributed by atoms with Gasteiger partial charge in [0, 0.05) is 18.4 Å². The number of rotatable bonds is 14. The Morgan fingerprint density at radius 2 is 1.47 bits per heavy atom. The lowest BCUT2D eigenvalue weighted by Crippen LogP contribution is -2.29. The highest BCUT2D eigenvalue weighted by Crippen LogP contribution is 2.36. The molecule has 186 valence electrons. The molecule has 1 aliphatic carbocycles. The van der Waals surface area contributed by atoms with Gasteiger partial charge in [0.15, 0.2) is 11.6 Å². The Hall–Kier alpha value is -2.89. The first-order valence-corrected chi connectivity index (χ1v) is 12.4. The van der Waals surface area contributed by atoms with Crippen molar-refractivity contribution in [2.24, 2.45) is 0 Å². The summed E-state index contributed by atoms with van der Waals surface area (Å²) in [7, 11) is 0. The van der Waals surface area contributed by atoms with E-state index in [4.69, 9.17) is 4.74 Å². The summed E-state index contributed by atoms with van der Waals surface area (Å²) < 4.78 is 5.65. The number of hydrogen-bond acceptors (Lipinski definition) is 6. The van der Waals surface area contributed by atoms with Gasteiger partial charge in [0.25, 0.3) is 0 Å². The number of fused-ring (bicyclic) bond motifs is 1. The van der Waals surface area contributed by atoms with Gasteiger partial charge in [0.2, 0.25) is 0 Å². The predicted molar refractivity (Wildman–Crippen MR) is 132 cm³/mol. The molecule has 2 rings (SSSR count). The molecule has 0 saturated carbocycles. The van der Waals surface area contributed by atoms with Crippen LogP contribution in [0.3, 0.4) is 0 Å². The number of allylic oxidation sites excluding steroid dienone is 2. The molecule has 0 amide bonds. The topological polar surface area (TPSA) is 101 Å². The highest BCUT2D eigenvalue weighted by Gasteiger charge is 2.35. The monoisotopic (exact) mass is 470 g/mol. The van der Waals surface area contributed by atoms with Gasteiger partial charge in [-0.05, 0) is 38.5 Å². The van der Waals surface area contributed by atoms with Crippen molar-refractivity contribution in [2.75, 3.05) is 0 Å². The van der Waals surface area contributed by atoms with Crippen molar-refractivity contribution in [1.29, 1.82) is 0 Å². The average Bonchev–Trinajstić information content (AvgIpc) is 2.79. The summed E-state index contributed by atoms with van der Waals surface area (Å²) in [4.78, 5) is 38.3. The minimum Gasteiger partial charge on any atom is -0.507 e. The second-order valence-corrected chi connectivity index (χ2v) is 9.22. The number of carbonyl (C=O) groups excluding carboxylic acids is 3. The van der Waals surface area contributed by atoms with E-state index in [-0.39, 0.29) is 35.3 Å². The van der Waals surface area contributed by atoms with E-state index < -0.39 is 29.4 Å². The van der Waals surface area contributed by atoms with Gasteiger partial charge in [-0.25, -0.2) is 0 Å². The van der Waals surface area contributed by atoms with Crippen molar-refractivity contribution in [3.8, 4) is 11.5 Å². The van der Waals surface area contributed by atoms with Crippen molar-refractivity contribution in [3.05, 3.63) is 46.6 Å². The van der Waals surface area contributed by atoms with Gasteiger partial charge >= 0.3 is 5.97 Å². The molecule has 6 heteroatoms. The summed E-state index contributed by atoms with van der Waals surface area (Å²) in [5.41, 5.74) is 0.516. The first kappa shape index (κ1) is 27.4. The number of ketones is 2. The Morgan fingerprint density at radius 3 is 2.06 bits per heavy atom. The van der Waals surface area contributed by atoms with Gasteiger partial charge in [-0.3, -0.25) is 14.4 Å². The summed E-state index contributed by atoms with van der Waals surface area (Å²) in [6.45, 7) is 5.99. The Kier molecular flexibility index (Phi) is 11.0. The van der Waals surface area contributed by atoms with Gasteiger partial charge in [-0.1, -0.05) is 69.9 Å². The number of ether oxygens (including phenoxy) is 1. The molecule has 0 fully saturated rings. The summed E-state index contributed by atoms with van der Waals surface area (Å²) in [5, 5.41) is 20.2. The van der Waals surface area contributed by atoms with Crippen LogP contribution in [0, 0.1) is 0 Å². The van der Waals surface area contributed by atoms with Crippen LogP contribution >= 0.6 is 0 Å². The van der Waals surface area contributed by atoms with Crippen molar-refractivity contribution < 1.29 is 29.3 Å². The summed E-state index contributed by atoms with van der Waals surface area (Å²) in [6.07, 6.45) is 12.7. The molecule has 1 aliphatic rings. The van der Waals surface area contributed by atoms with Crippen molar-refractivity contribution in [3.63, 3.8) is 0 Å². The highest BCUT2D eigenvalue weighted by atomic mass is 16.5. The number of carbonyl (C=O) groups is 3. The fourth-order valence-corrected chi connectivity index (χ4v) is 4.10. The highest BCUT2D eigenvalue weighted by molar-refractivity contribution is 6.27. The molecule has 0 saturated heterocycles. The van der Waals surface area contributed by atoms with Crippen LogP contribution in [0.25, 0.3) is 0 Å². The van der Waals surface area contributed by atoms with Crippen LogP contribution in [-0.2, 0) is 9.53 Å². The fourth-order valence-electron chi connectivity index (χ4n) is 4.10. The first-order valence-electron chi connectivity index (χ1n) is 12.4. The quantitative estimate of drug-likeness (QED) is 0.138. The van der Waals surface area contributed by atoms with E-state index in [0.29, 0.717) is 6.42 Å². The number of unbranched alkanes of at least 4 members (excludes halogenated alkanes) is 8. The van der Waals surface area contributed by atoms with Gasteiger partial charge in [0.05, 0.1) is 11.1 Å². The largest absolute Gasteiger partial charge is 0.507 e. The third-order valence-corrected chi connectivity index (χ3v) is 6.03. The molecular weight excluding hydrogens is 432 g/mol. The molecule has 0 aromatic heterocycles. The van der Waals surface area contributed by atoms with Crippen LogP contribution in [0.5, 0.6) is 11.5 Å². The van der Waals surface area contributed by atoms with Gasteiger partial charge in [-0.15, -0.1) is 0 Å². The predicted octanol–water partition coefficient (Wildman–Crippen LogP) is 6.59. The van der Waals surface area contributed by atoms with Crippen LogP contribution in [0.4, 0.5) is 0 Å². The fraction of sp³-hybridized carbons (Fsp3) is 0.536. The zero-order valence-corrected chi connectivity index (χ0v) is 20.7. The summed E-state index contributed by atoms with van der Waals surface area (Å²) >= 11 is 0. The lowest BCUT2D eigenvalue weighted by Gasteiger charge is -2.23. The summed E-state index contributed by atoms with van der Waals surface area (Å²) in [6, 6.07) is 2.34. The minimum absolute atomic E-state index is 0.0105. The third kappa shape index (κ3) is 7.86. The molecule has 0 aliphatic heterocycles. The normalized spacial score (nSPS) is 13.8. The van der Waals surface area contributed by atoms with Crippen molar-refractivity contribution in [2.45, 2.75) is 97.5 Å². The van der Waals surface area contributed by atoms with E-state index in [2.05, 4.69) is 6.92 Å². The van der Waals surface area contributed by atoms with E-state index >= 15 is 0 Å². The Labute approximate surface area is 202 Å². The lowest BCUT2D eigenvalue weighted by atomic mass is 9.85. The van der Waals surface area contributed by atoms with Crippen LogP contribution in [0.15, 0.2) is 35.4 Å². The van der Waals surface area contributed by atoms with Crippen molar-refractivity contribution >= 4 is 17.5 Å². The molecule has 0 radical (unpaired) electrons. The van der Waals surface area contributed by atoms with E-state index in [0.717, 1.165) is 24.5 Å². The van der Waals surface area contributed by atoms with E-state index in [9.17, 15) is 24.6 Å². The van der Waals surface area contributed by atoms with Crippen LogP contribution < -0.4 is 0 Å². The summed E-state index contributed by atoms with van der Waals surface area (Å²) in [5.74, 6) is -2.40. The van der Waals surface area contributed by atoms with E-state index in [1.54, 1.807) is 0 Å². The maximum Gasteiger partial charge on any atom is 0.306 e. The molecule has 2 N–H and O–H groups in total. The second kappa shape index (κ2) is 13.7. The zero-order valence-electron chi connectivity index (χ0n) is 20.7.